The first-order valence-corrected chi connectivity index (χ1v) is 6.14. The summed E-state index contributed by atoms with van der Waals surface area (Å²) in [6, 6.07) is 3.05. The second-order valence-corrected chi connectivity index (χ2v) is 4.66. The summed E-state index contributed by atoms with van der Waals surface area (Å²) >= 11 is 0. The van der Waals surface area contributed by atoms with E-state index < -0.39 is 5.97 Å². The van der Waals surface area contributed by atoms with E-state index in [-0.39, 0.29) is 11.8 Å². The first kappa shape index (κ1) is 12.8. The molecule has 0 radical (unpaired) electrons. The van der Waals surface area contributed by atoms with Gasteiger partial charge in [0.15, 0.2) is 5.69 Å². The Hall–Kier alpha value is -1.69. The third kappa shape index (κ3) is 3.40. The number of rotatable bonds is 4. The number of carbonyl (C=O) groups is 1. The fourth-order valence-electron chi connectivity index (χ4n) is 2.14. The van der Waals surface area contributed by atoms with Gasteiger partial charge in [0, 0.05) is 6.54 Å². The highest BCUT2D eigenvalue weighted by molar-refractivity contribution is 5.85. The molecule has 0 amide bonds. The molecule has 3 N–H and O–H groups in total. The highest BCUT2D eigenvalue weighted by atomic mass is 16.4. The lowest BCUT2D eigenvalue weighted by Crippen LogP contribution is -2.23. The minimum absolute atomic E-state index is 0.0543. The largest absolute Gasteiger partial charge is 0.476 e. The molecule has 1 aromatic rings. The van der Waals surface area contributed by atoms with Gasteiger partial charge in [-0.3, -0.25) is 0 Å². The van der Waals surface area contributed by atoms with Crippen LogP contribution >= 0.6 is 0 Å². The third-order valence-electron chi connectivity index (χ3n) is 3.27. The number of aliphatic hydroxyl groups is 1. The molecular weight excluding hydrogens is 234 g/mol. The zero-order chi connectivity index (χ0) is 13.0. The Labute approximate surface area is 105 Å². The Bertz CT molecular complexity index is 400. The monoisotopic (exact) mass is 251 g/mol. The summed E-state index contributed by atoms with van der Waals surface area (Å²) in [7, 11) is 0. The van der Waals surface area contributed by atoms with Crippen LogP contribution in [-0.4, -0.2) is 39.0 Å². The van der Waals surface area contributed by atoms with Gasteiger partial charge in [0.1, 0.15) is 5.82 Å². The number of aromatic nitrogens is 2. The normalized spacial score (nSPS) is 23.6. The summed E-state index contributed by atoms with van der Waals surface area (Å²) in [4.78, 5) is 10.6. The number of carboxylic acid groups (broad SMARTS) is 1. The maximum absolute atomic E-state index is 10.6. The zero-order valence-corrected chi connectivity index (χ0v) is 10.0. The van der Waals surface area contributed by atoms with Crippen LogP contribution in [0.15, 0.2) is 12.1 Å². The van der Waals surface area contributed by atoms with E-state index in [0.717, 1.165) is 32.2 Å². The lowest BCUT2D eigenvalue weighted by atomic mass is 9.87. The van der Waals surface area contributed by atoms with Crippen molar-refractivity contribution in [3.8, 4) is 0 Å². The van der Waals surface area contributed by atoms with Crippen molar-refractivity contribution in [2.75, 3.05) is 11.9 Å². The number of nitrogens with one attached hydrogen (secondary N) is 1. The van der Waals surface area contributed by atoms with Gasteiger partial charge in [-0.05, 0) is 43.7 Å². The molecule has 1 aliphatic rings. The third-order valence-corrected chi connectivity index (χ3v) is 3.27. The summed E-state index contributed by atoms with van der Waals surface area (Å²) in [5, 5.41) is 28.6. The molecule has 1 heterocycles. The number of aromatic carboxylic acids is 1. The molecule has 98 valence electrons. The SMILES string of the molecule is O=C(O)c1ccc(NCC2CCC(O)CC2)nn1. The number of hydrogen-bond donors (Lipinski definition) is 3. The van der Waals surface area contributed by atoms with Crippen molar-refractivity contribution in [1.29, 1.82) is 0 Å². The van der Waals surface area contributed by atoms with Crippen LogP contribution in [0.3, 0.4) is 0 Å². The van der Waals surface area contributed by atoms with Crippen molar-refractivity contribution in [3.63, 3.8) is 0 Å². The van der Waals surface area contributed by atoms with Crippen molar-refractivity contribution in [2.45, 2.75) is 31.8 Å². The number of carboxylic acids is 1. The van der Waals surface area contributed by atoms with Crippen molar-refractivity contribution < 1.29 is 15.0 Å². The van der Waals surface area contributed by atoms with Gasteiger partial charge in [-0.25, -0.2) is 4.79 Å². The zero-order valence-electron chi connectivity index (χ0n) is 10.0. The van der Waals surface area contributed by atoms with Crippen LogP contribution in [0.4, 0.5) is 5.82 Å². The summed E-state index contributed by atoms with van der Waals surface area (Å²) in [6.07, 6.45) is 3.59. The van der Waals surface area contributed by atoms with E-state index in [1.54, 1.807) is 6.07 Å². The highest BCUT2D eigenvalue weighted by Gasteiger charge is 2.19. The molecule has 6 nitrogen and oxygen atoms in total. The molecule has 0 bridgehead atoms. The molecule has 0 saturated heterocycles. The van der Waals surface area contributed by atoms with Gasteiger partial charge >= 0.3 is 5.97 Å². The van der Waals surface area contributed by atoms with Crippen molar-refractivity contribution in [2.24, 2.45) is 5.92 Å². The number of aliphatic hydroxyl groups excluding tert-OH is 1. The Morgan fingerprint density at radius 1 is 1.28 bits per heavy atom. The molecular formula is C12H17N3O3. The van der Waals surface area contributed by atoms with Gasteiger partial charge < -0.3 is 15.5 Å². The van der Waals surface area contributed by atoms with E-state index in [9.17, 15) is 9.90 Å². The Morgan fingerprint density at radius 2 is 2.00 bits per heavy atom. The molecule has 6 heteroatoms. The standard InChI is InChI=1S/C12H17N3O3/c16-9-3-1-8(2-4-9)7-13-11-6-5-10(12(17)18)14-15-11/h5-6,8-9,16H,1-4,7H2,(H,13,15)(H,17,18). The number of nitrogens with zero attached hydrogens (tertiary/aromatic N) is 2. The molecule has 0 aliphatic heterocycles. The van der Waals surface area contributed by atoms with Gasteiger partial charge in [0.2, 0.25) is 0 Å². The molecule has 18 heavy (non-hydrogen) atoms. The lowest BCUT2D eigenvalue weighted by Gasteiger charge is -2.25. The van der Waals surface area contributed by atoms with Gasteiger partial charge in [-0.2, -0.15) is 0 Å². The minimum Gasteiger partial charge on any atom is -0.476 e. The maximum atomic E-state index is 10.6. The summed E-state index contributed by atoms with van der Waals surface area (Å²) in [5.41, 5.74) is -0.0543. The predicted octanol–water partition coefficient (Wildman–Crippen LogP) is 1.14. The van der Waals surface area contributed by atoms with E-state index in [0.29, 0.717) is 11.7 Å². The lowest BCUT2D eigenvalue weighted by molar-refractivity contribution is 0.0689. The van der Waals surface area contributed by atoms with Gasteiger partial charge in [0.05, 0.1) is 6.10 Å². The van der Waals surface area contributed by atoms with E-state index in [1.807, 2.05) is 0 Å². The molecule has 1 aliphatic carbocycles. The molecule has 1 aromatic heterocycles. The van der Waals surface area contributed by atoms with Crippen LogP contribution in [0.2, 0.25) is 0 Å². The number of hydrogen-bond acceptors (Lipinski definition) is 5. The quantitative estimate of drug-likeness (QED) is 0.742. The topological polar surface area (TPSA) is 95.3 Å². The molecule has 1 saturated carbocycles. The van der Waals surface area contributed by atoms with E-state index in [4.69, 9.17) is 5.11 Å². The molecule has 2 rings (SSSR count). The first-order chi connectivity index (χ1) is 8.65. The summed E-state index contributed by atoms with van der Waals surface area (Å²) in [6.45, 7) is 0.786. The van der Waals surface area contributed by atoms with E-state index in [2.05, 4.69) is 15.5 Å². The Kier molecular flexibility index (Phi) is 4.09. The van der Waals surface area contributed by atoms with E-state index in [1.165, 1.54) is 6.07 Å². The van der Waals surface area contributed by atoms with Crippen molar-refractivity contribution in [3.05, 3.63) is 17.8 Å². The average molecular weight is 251 g/mol. The molecule has 0 unspecified atom stereocenters. The van der Waals surface area contributed by atoms with Gasteiger partial charge in [-0.1, -0.05) is 0 Å². The highest BCUT2D eigenvalue weighted by Crippen LogP contribution is 2.24. The fraction of sp³-hybridized carbons (Fsp3) is 0.583. The average Bonchev–Trinajstić information content (AvgIpc) is 2.38. The van der Waals surface area contributed by atoms with Crippen LogP contribution in [-0.2, 0) is 0 Å². The maximum Gasteiger partial charge on any atom is 0.356 e. The number of anilines is 1. The molecule has 0 spiro atoms. The van der Waals surface area contributed by atoms with Crippen LogP contribution in [0.5, 0.6) is 0 Å². The van der Waals surface area contributed by atoms with E-state index >= 15 is 0 Å². The summed E-state index contributed by atoms with van der Waals surface area (Å²) < 4.78 is 0. The van der Waals surface area contributed by atoms with Crippen LogP contribution in [0, 0.1) is 5.92 Å². The van der Waals surface area contributed by atoms with Gasteiger partial charge in [-0.15, -0.1) is 10.2 Å². The minimum atomic E-state index is -1.07. The second kappa shape index (κ2) is 5.77. The Balaban J connectivity index is 1.81. The molecule has 0 atom stereocenters. The van der Waals surface area contributed by atoms with Gasteiger partial charge in [0.25, 0.3) is 0 Å². The molecule has 1 fully saturated rings. The smallest absolute Gasteiger partial charge is 0.356 e. The summed E-state index contributed by atoms with van der Waals surface area (Å²) in [5.74, 6) is 0.0517. The first-order valence-electron chi connectivity index (χ1n) is 6.14. The van der Waals surface area contributed by atoms with Crippen LogP contribution < -0.4 is 5.32 Å². The van der Waals surface area contributed by atoms with Crippen molar-refractivity contribution >= 4 is 11.8 Å². The fourth-order valence-corrected chi connectivity index (χ4v) is 2.14. The van der Waals surface area contributed by atoms with Crippen LogP contribution in [0.25, 0.3) is 0 Å². The molecule has 0 aromatic carbocycles. The second-order valence-electron chi connectivity index (χ2n) is 4.66. The Morgan fingerprint density at radius 3 is 2.56 bits per heavy atom. The van der Waals surface area contributed by atoms with Crippen molar-refractivity contribution in [1.82, 2.24) is 10.2 Å². The predicted molar refractivity (Wildman–Crippen MR) is 65.4 cm³/mol. The van der Waals surface area contributed by atoms with Crippen LogP contribution in [0.1, 0.15) is 36.2 Å².